The Bertz CT molecular complexity index is 556. The van der Waals surface area contributed by atoms with E-state index < -0.39 is 0 Å². The summed E-state index contributed by atoms with van der Waals surface area (Å²) in [6.07, 6.45) is 0.697. The molecule has 5 heteroatoms. The van der Waals surface area contributed by atoms with E-state index >= 15 is 0 Å². The maximum absolute atomic E-state index is 13.9. The van der Waals surface area contributed by atoms with Crippen molar-refractivity contribution in [2.75, 3.05) is 6.54 Å². The van der Waals surface area contributed by atoms with E-state index in [1.54, 1.807) is 12.1 Å². The number of benzene rings is 1. The van der Waals surface area contributed by atoms with Crippen LogP contribution >= 0.6 is 34.5 Å². The fourth-order valence-electron chi connectivity index (χ4n) is 1.98. The highest BCUT2D eigenvalue weighted by Gasteiger charge is 2.17. The van der Waals surface area contributed by atoms with Crippen molar-refractivity contribution in [3.8, 4) is 0 Å². The topological polar surface area (TPSA) is 12.0 Å². The minimum absolute atomic E-state index is 0.0987. The molecule has 0 aliphatic rings. The molecule has 19 heavy (non-hydrogen) atoms. The van der Waals surface area contributed by atoms with E-state index in [1.807, 2.05) is 19.1 Å². The lowest BCUT2D eigenvalue weighted by atomic mass is 10.0. The molecule has 2 aromatic rings. The molecule has 1 nitrogen and oxygen atoms in total. The summed E-state index contributed by atoms with van der Waals surface area (Å²) in [4.78, 5) is 1.12. The first-order valence-electron chi connectivity index (χ1n) is 6.02. The number of halogens is 3. The second kappa shape index (κ2) is 6.71. The first-order valence-corrected chi connectivity index (χ1v) is 7.60. The monoisotopic (exact) mass is 317 g/mol. The van der Waals surface area contributed by atoms with Crippen LogP contribution in [-0.2, 0) is 6.42 Å². The van der Waals surface area contributed by atoms with Gasteiger partial charge in [-0.05, 0) is 36.9 Å². The summed E-state index contributed by atoms with van der Waals surface area (Å²) in [6.45, 7) is 2.76. The Kier molecular flexibility index (Phi) is 5.22. The van der Waals surface area contributed by atoms with Gasteiger partial charge in [-0.3, -0.25) is 0 Å². The smallest absolute Gasteiger partial charge is 0.128 e. The Morgan fingerprint density at radius 2 is 2.05 bits per heavy atom. The number of likely N-dealkylation sites (N-methyl/N-ethyl adjacent to an activating group) is 1. The summed E-state index contributed by atoms with van der Waals surface area (Å²) in [7, 11) is 0. The molecule has 0 fully saturated rings. The van der Waals surface area contributed by atoms with E-state index in [2.05, 4.69) is 5.32 Å². The van der Waals surface area contributed by atoms with Gasteiger partial charge in [0.05, 0.1) is 4.34 Å². The lowest BCUT2D eigenvalue weighted by Gasteiger charge is -2.18. The average Bonchev–Trinajstić information content (AvgIpc) is 2.77. The Labute approximate surface area is 126 Å². The highest BCUT2D eigenvalue weighted by atomic mass is 35.5. The van der Waals surface area contributed by atoms with Crippen LogP contribution in [0.1, 0.15) is 23.4 Å². The molecule has 1 unspecified atom stereocenters. The van der Waals surface area contributed by atoms with E-state index in [1.165, 1.54) is 17.4 Å². The molecule has 1 aromatic carbocycles. The maximum Gasteiger partial charge on any atom is 0.128 e. The van der Waals surface area contributed by atoms with Crippen molar-refractivity contribution in [2.24, 2.45) is 0 Å². The van der Waals surface area contributed by atoms with E-state index in [9.17, 15) is 4.39 Å². The van der Waals surface area contributed by atoms with Crippen LogP contribution in [-0.4, -0.2) is 6.54 Å². The van der Waals surface area contributed by atoms with E-state index in [4.69, 9.17) is 23.2 Å². The van der Waals surface area contributed by atoms with E-state index in [0.717, 1.165) is 15.8 Å². The second-order valence-electron chi connectivity index (χ2n) is 4.19. The quantitative estimate of drug-likeness (QED) is 0.810. The van der Waals surface area contributed by atoms with Crippen molar-refractivity contribution in [1.82, 2.24) is 5.32 Å². The van der Waals surface area contributed by atoms with Gasteiger partial charge in [0.15, 0.2) is 0 Å². The first kappa shape index (κ1) is 14.8. The van der Waals surface area contributed by atoms with Gasteiger partial charge in [0.1, 0.15) is 5.82 Å². The summed E-state index contributed by atoms with van der Waals surface area (Å²) >= 11 is 13.4. The molecular formula is C14H14Cl2FNS. The van der Waals surface area contributed by atoms with Crippen LogP contribution in [0.2, 0.25) is 9.36 Å². The summed E-state index contributed by atoms with van der Waals surface area (Å²) in [5.74, 6) is -0.238. The lowest BCUT2D eigenvalue weighted by Crippen LogP contribution is -2.23. The minimum atomic E-state index is -0.238. The molecule has 1 aromatic heterocycles. The Morgan fingerprint density at radius 3 is 2.68 bits per heavy atom. The van der Waals surface area contributed by atoms with Crippen LogP contribution in [0.15, 0.2) is 30.3 Å². The number of nitrogens with one attached hydrogen (secondary N) is 1. The molecule has 0 bridgehead atoms. The zero-order valence-electron chi connectivity index (χ0n) is 10.4. The van der Waals surface area contributed by atoms with Crippen LogP contribution in [0.3, 0.4) is 0 Å². The molecule has 0 aliphatic carbocycles. The third-order valence-corrected chi connectivity index (χ3v) is 4.31. The first-order chi connectivity index (χ1) is 9.10. The Morgan fingerprint density at radius 1 is 1.26 bits per heavy atom. The predicted molar refractivity (Wildman–Crippen MR) is 80.9 cm³/mol. The zero-order valence-corrected chi connectivity index (χ0v) is 12.7. The van der Waals surface area contributed by atoms with Crippen molar-refractivity contribution < 1.29 is 4.39 Å². The molecule has 0 saturated carbocycles. The largest absolute Gasteiger partial charge is 0.310 e. The van der Waals surface area contributed by atoms with Crippen molar-refractivity contribution in [3.05, 3.63) is 55.9 Å². The zero-order chi connectivity index (χ0) is 13.8. The molecule has 102 valence electrons. The van der Waals surface area contributed by atoms with Gasteiger partial charge >= 0.3 is 0 Å². The molecule has 0 amide bonds. The minimum Gasteiger partial charge on any atom is -0.310 e. The van der Waals surface area contributed by atoms with Gasteiger partial charge in [0, 0.05) is 27.9 Å². The third-order valence-electron chi connectivity index (χ3n) is 2.82. The lowest BCUT2D eigenvalue weighted by molar-refractivity contribution is 0.512. The van der Waals surface area contributed by atoms with Crippen molar-refractivity contribution in [2.45, 2.75) is 19.4 Å². The highest BCUT2D eigenvalue weighted by molar-refractivity contribution is 7.16. The number of rotatable bonds is 5. The maximum atomic E-state index is 13.9. The Balaban J connectivity index is 2.26. The summed E-state index contributed by atoms with van der Waals surface area (Å²) in [5.41, 5.74) is 0.596. The number of hydrogen-bond donors (Lipinski definition) is 1. The molecule has 0 saturated heterocycles. The Hall–Kier alpha value is -0.610. The highest BCUT2D eigenvalue weighted by Crippen LogP contribution is 2.29. The fraction of sp³-hybridized carbons (Fsp3) is 0.286. The number of thiophene rings is 1. The molecule has 0 spiro atoms. The number of hydrogen-bond acceptors (Lipinski definition) is 2. The SMILES string of the molecule is CCNC(Cc1ccc(Cl)s1)c1cc(Cl)ccc1F. The van der Waals surface area contributed by atoms with Crippen LogP contribution in [0.4, 0.5) is 4.39 Å². The van der Waals surface area contributed by atoms with Crippen LogP contribution in [0.25, 0.3) is 0 Å². The standard InChI is InChI=1S/C14H14Cl2FNS/c1-2-18-13(8-10-4-6-14(16)19-10)11-7-9(15)3-5-12(11)17/h3-7,13,18H,2,8H2,1H3. The van der Waals surface area contributed by atoms with Gasteiger partial charge in [-0.15, -0.1) is 11.3 Å². The molecule has 2 rings (SSSR count). The third kappa shape index (κ3) is 3.93. The van der Waals surface area contributed by atoms with Gasteiger partial charge in [-0.2, -0.15) is 0 Å². The molecule has 1 heterocycles. The fourth-order valence-corrected chi connectivity index (χ4v) is 3.30. The average molecular weight is 318 g/mol. The van der Waals surface area contributed by atoms with Crippen LogP contribution in [0.5, 0.6) is 0 Å². The summed E-state index contributed by atoms with van der Waals surface area (Å²) in [5, 5.41) is 3.83. The van der Waals surface area contributed by atoms with Crippen molar-refractivity contribution >= 4 is 34.5 Å². The van der Waals surface area contributed by atoms with Gasteiger partial charge in [-0.1, -0.05) is 30.1 Å². The van der Waals surface area contributed by atoms with Crippen LogP contribution in [0, 0.1) is 5.82 Å². The molecular weight excluding hydrogens is 304 g/mol. The van der Waals surface area contributed by atoms with Gasteiger partial charge in [-0.25, -0.2) is 4.39 Å². The molecule has 0 aliphatic heterocycles. The van der Waals surface area contributed by atoms with Gasteiger partial charge in [0.2, 0.25) is 0 Å². The van der Waals surface area contributed by atoms with Crippen LogP contribution < -0.4 is 5.32 Å². The molecule has 0 radical (unpaired) electrons. The summed E-state index contributed by atoms with van der Waals surface area (Å²) < 4.78 is 14.7. The van der Waals surface area contributed by atoms with E-state index in [0.29, 0.717) is 17.0 Å². The van der Waals surface area contributed by atoms with E-state index in [-0.39, 0.29) is 11.9 Å². The van der Waals surface area contributed by atoms with Crippen molar-refractivity contribution in [1.29, 1.82) is 0 Å². The molecule has 1 atom stereocenters. The molecule has 1 N–H and O–H groups in total. The second-order valence-corrected chi connectivity index (χ2v) is 6.42. The van der Waals surface area contributed by atoms with Gasteiger partial charge < -0.3 is 5.32 Å². The predicted octanol–water partition coefficient (Wildman–Crippen LogP) is 5.09. The van der Waals surface area contributed by atoms with Gasteiger partial charge in [0.25, 0.3) is 0 Å². The van der Waals surface area contributed by atoms with Crippen molar-refractivity contribution in [3.63, 3.8) is 0 Å². The summed E-state index contributed by atoms with van der Waals surface area (Å²) in [6, 6.07) is 8.38. The normalized spacial score (nSPS) is 12.6.